The summed E-state index contributed by atoms with van der Waals surface area (Å²) in [6, 6.07) is 10.6. The minimum absolute atomic E-state index is 0.102. The van der Waals surface area contributed by atoms with Gasteiger partial charge in [-0.15, -0.1) is 0 Å². The number of hydrogen-bond donors (Lipinski definition) is 1. The van der Waals surface area contributed by atoms with E-state index in [0.29, 0.717) is 5.54 Å². The maximum absolute atomic E-state index is 10.7. The molecule has 4 aliphatic carbocycles. The minimum Gasteiger partial charge on any atom is -0.392 e. The maximum atomic E-state index is 9.98. The van der Waals surface area contributed by atoms with Gasteiger partial charge in [0.1, 0.15) is 24.7 Å². The van der Waals surface area contributed by atoms with Gasteiger partial charge in [-0.25, -0.2) is 0 Å². The molecule has 0 amide bonds. The average molecular weight is 470 g/mol. The Labute approximate surface area is 178 Å². The van der Waals surface area contributed by atoms with Crippen LogP contribution in [0.25, 0.3) is 0 Å². The summed E-state index contributed by atoms with van der Waals surface area (Å²) in [7, 11) is -10.7. The second kappa shape index (κ2) is 7.08. The Bertz CT molecular complexity index is 796. The van der Waals surface area contributed by atoms with Crippen molar-refractivity contribution in [2.75, 3.05) is 19.7 Å². The molecule has 10 heteroatoms. The molecule has 0 unspecified atom stereocenters. The molecule has 4 fully saturated rings. The number of aliphatic hydroxyl groups excluding tert-OH is 1. The molecule has 0 spiro atoms. The van der Waals surface area contributed by atoms with Crippen molar-refractivity contribution in [1.82, 2.24) is 4.90 Å². The van der Waals surface area contributed by atoms with Crippen LogP contribution in [0.2, 0.25) is 0 Å². The first-order valence-electron chi connectivity index (χ1n) is 10.8. The topological polar surface area (TPSA) is 26.5 Å². The molecule has 1 aliphatic heterocycles. The van der Waals surface area contributed by atoms with E-state index in [0.717, 1.165) is 30.8 Å². The van der Waals surface area contributed by atoms with Crippen molar-refractivity contribution in [2.24, 2.45) is 17.8 Å². The predicted molar refractivity (Wildman–Crippen MR) is 109 cm³/mol. The summed E-state index contributed by atoms with van der Waals surface area (Å²) in [5.41, 5.74) is 1.67. The molecule has 1 heterocycles. The van der Waals surface area contributed by atoms with Crippen molar-refractivity contribution in [3.05, 3.63) is 35.9 Å². The van der Waals surface area contributed by atoms with E-state index in [9.17, 15) is 30.3 Å². The fourth-order valence-electron chi connectivity index (χ4n) is 6.61. The zero-order chi connectivity index (χ0) is 22.6. The van der Waals surface area contributed by atoms with Crippen LogP contribution in [0.1, 0.15) is 50.1 Å². The number of halogens is 6. The first kappa shape index (κ1) is 22.8. The van der Waals surface area contributed by atoms with Gasteiger partial charge in [0.15, 0.2) is 0 Å². The van der Waals surface area contributed by atoms with E-state index in [2.05, 4.69) is 40.1 Å². The molecule has 1 aromatic rings. The van der Waals surface area contributed by atoms with Crippen LogP contribution in [0.5, 0.6) is 0 Å². The van der Waals surface area contributed by atoms with E-state index in [1.54, 1.807) is 0 Å². The first-order valence-corrected chi connectivity index (χ1v) is 12.8. The molecule has 6 rings (SSSR count). The molecular weight excluding hydrogens is 441 g/mol. The molecule has 0 radical (unpaired) electrons. The standard InChI is InChI=1S/C21H29N2O.F6P/c24-14-20(19-4-2-1-3-5-19)22-6-7-23(15-22)21-11-16-8-17(12-21)10-18(9-16)13-21;1-7(2,3,4,5)6/h1-5,15-18,20,24H,6-14H2;/q+1;-1/t16?,17?,18?,20-,21?;/m0./s1. The van der Waals surface area contributed by atoms with Crippen molar-refractivity contribution in [2.45, 2.75) is 50.1 Å². The van der Waals surface area contributed by atoms with Gasteiger partial charge in [-0.1, -0.05) is 30.3 Å². The number of rotatable bonds is 4. The Balaban J connectivity index is 0.000000289. The molecule has 4 bridgehead atoms. The van der Waals surface area contributed by atoms with Crippen LogP contribution in [0.4, 0.5) is 25.2 Å². The van der Waals surface area contributed by atoms with Crippen molar-refractivity contribution >= 4 is 14.1 Å². The summed E-state index contributed by atoms with van der Waals surface area (Å²) < 4.78 is 61.6. The van der Waals surface area contributed by atoms with Crippen molar-refractivity contribution in [3.8, 4) is 0 Å². The predicted octanol–water partition coefficient (Wildman–Crippen LogP) is 6.43. The van der Waals surface area contributed by atoms with Gasteiger partial charge < -0.3 is 5.11 Å². The van der Waals surface area contributed by atoms with Crippen LogP contribution < -0.4 is 0 Å². The zero-order valence-corrected chi connectivity index (χ0v) is 18.1. The molecule has 31 heavy (non-hydrogen) atoms. The Morgan fingerprint density at radius 1 is 0.935 bits per heavy atom. The van der Waals surface area contributed by atoms with Crippen LogP contribution in [-0.2, 0) is 0 Å². The van der Waals surface area contributed by atoms with Crippen LogP contribution in [0.3, 0.4) is 0 Å². The summed E-state index contributed by atoms with van der Waals surface area (Å²) in [6.07, 6.45) is 11.1. The first-order chi connectivity index (χ1) is 14.2. The molecule has 176 valence electrons. The Morgan fingerprint density at radius 3 is 1.87 bits per heavy atom. The molecule has 1 aromatic carbocycles. The van der Waals surface area contributed by atoms with Crippen molar-refractivity contribution < 1.29 is 34.9 Å². The smallest absolute Gasteiger partial charge is 0.235 e. The largest absolute Gasteiger partial charge is 0.392 e. The van der Waals surface area contributed by atoms with E-state index in [1.807, 2.05) is 6.07 Å². The van der Waals surface area contributed by atoms with E-state index < -0.39 is 7.81 Å². The fourth-order valence-corrected chi connectivity index (χ4v) is 6.61. The SMILES string of the molecule is F[P-](F)(F)(F)(F)F.OC[C@@H](c1ccccc1)[N+]1=CN(C23CC4CC(CC(C4)C2)C3)CC1. The molecule has 4 saturated carbocycles. The summed E-state index contributed by atoms with van der Waals surface area (Å²) in [4.78, 5) is 2.68. The molecule has 0 saturated heterocycles. The number of aliphatic hydroxyl groups is 1. The fraction of sp³-hybridized carbons (Fsp3) is 0.667. The third kappa shape index (κ3) is 5.92. The monoisotopic (exact) mass is 470 g/mol. The summed E-state index contributed by atoms with van der Waals surface area (Å²) in [5.74, 6) is 2.96. The van der Waals surface area contributed by atoms with Gasteiger partial charge in [-0.2, -0.15) is 0 Å². The van der Waals surface area contributed by atoms with Gasteiger partial charge >= 0.3 is 33.0 Å². The molecule has 3 nitrogen and oxygen atoms in total. The van der Waals surface area contributed by atoms with Gasteiger partial charge in [0.25, 0.3) is 0 Å². The van der Waals surface area contributed by atoms with Crippen LogP contribution >= 0.6 is 7.81 Å². The minimum atomic E-state index is -10.7. The van der Waals surface area contributed by atoms with E-state index in [1.165, 1.54) is 44.1 Å². The van der Waals surface area contributed by atoms with Crippen LogP contribution in [-0.4, -0.2) is 46.2 Å². The summed E-state index contributed by atoms with van der Waals surface area (Å²) in [5, 5.41) is 9.98. The van der Waals surface area contributed by atoms with Gasteiger partial charge in [0.05, 0.1) is 6.61 Å². The molecule has 0 aromatic heterocycles. The molecule has 1 atom stereocenters. The van der Waals surface area contributed by atoms with E-state index >= 15 is 0 Å². The number of nitrogens with zero attached hydrogens (tertiary/aromatic N) is 2. The van der Waals surface area contributed by atoms with Gasteiger partial charge in [0.2, 0.25) is 6.34 Å². The third-order valence-electron chi connectivity index (χ3n) is 7.26. The number of benzene rings is 1. The molecule has 1 N–H and O–H groups in total. The van der Waals surface area contributed by atoms with Gasteiger partial charge in [-0.05, 0) is 61.8 Å². The summed E-state index contributed by atoms with van der Waals surface area (Å²) >= 11 is 0. The molecule has 5 aliphatic rings. The third-order valence-corrected chi connectivity index (χ3v) is 7.26. The van der Waals surface area contributed by atoms with E-state index in [4.69, 9.17) is 0 Å². The average Bonchev–Trinajstić information content (AvgIpc) is 3.10. The maximum Gasteiger partial charge on any atom is 0.235 e. The quantitative estimate of drug-likeness (QED) is 0.312. The van der Waals surface area contributed by atoms with E-state index in [-0.39, 0.29) is 12.6 Å². The Morgan fingerprint density at radius 2 is 1.42 bits per heavy atom. The number of hydrogen-bond acceptors (Lipinski definition) is 2. The summed E-state index contributed by atoms with van der Waals surface area (Å²) in [6.45, 7) is 2.37. The van der Waals surface area contributed by atoms with Crippen molar-refractivity contribution in [3.63, 3.8) is 0 Å². The normalized spacial score (nSPS) is 35.0. The molecular formula is C21H29F6N2OP. The van der Waals surface area contributed by atoms with Crippen LogP contribution in [0, 0.1) is 17.8 Å². The second-order valence-corrected chi connectivity index (χ2v) is 11.7. The van der Waals surface area contributed by atoms with Crippen molar-refractivity contribution in [1.29, 1.82) is 0 Å². The van der Waals surface area contributed by atoms with Gasteiger partial charge in [0, 0.05) is 0 Å². The van der Waals surface area contributed by atoms with Gasteiger partial charge in [-0.3, -0.25) is 9.48 Å². The Hall–Kier alpha value is -1.34. The second-order valence-electron chi connectivity index (χ2n) is 9.76. The Kier molecular flexibility index (Phi) is 5.21. The zero-order valence-electron chi connectivity index (χ0n) is 17.2. The van der Waals surface area contributed by atoms with Crippen LogP contribution in [0.15, 0.2) is 30.3 Å².